The molecular formula is C12H14N4O. The molecule has 2 rings (SSSR count). The molecule has 1 heterocycles. The van der Waals surface area contributed by atoms with E-state index >= 15 is 0 Å². The van der Waals surface area contributed by atoms with Crippen LogP contribution >= 0.6 is 0 Å². The largest absolute Gasteiger partial charge is 0.397 e. The minimum Gasteiger partial charge on any atom is -0.397 e. The number of amides is 1. The lowest BCUT2D eigenvalue weighted by Crippen LogP contribution is -2.13. The van der Waals surface area contributed by atoms with Crippen LogP contribution in [0.3, 0.4) is 0 Å². The normalized spacial score (nSPS) is 10.2. The number of hydrogen-bond donors (Lipinski definition) is 3. The van der Waals surface area contributed by atoms with Crippen LogP contribution < -0.4 is 11.1 Å². The van der Waals surface area contributed by atoms with Crippen molar-refractivity contribution in [1.82, 2.24) is 10.2 Å². The molecular weight excluding hydrogens is 216 g/mol. The second-order valence-electron chi connectivity index (χ2n) is 3.95. The molecule has 5 heteroatoms. The van der Waals surface area contributed by atoms with Crippen molar-refractivity contribution in [3.63, 3.8) is 0 Å². The number of aromatic nitrogens is 2. The molecule has 0 atom stereocenters. The molecule has 17 heavy (non-hydrogen) atoms. The Morgan fingerprint density at radius 2 is 2.18 bits per heavy atom. The number of aromatic amines is 1. The van der Waals surface area contributed by atoms with Gasteiger partial charge in [0, 0.05) is 5.69 Å². The van der Waals surface area contributed by atoms with Gasteiger partial charge in [-0.2, -0.15) is 5.10 Å². The summed E-state index contributed by atoms with van der Waals surface area (Å²) in [5.41, 5.74) is 9.29. The van der Waals surface area contributed by atoms with Crippen LogP contribution in [0.25, 0.3) is 0 Å². The van der Waals surface area contributed by atoms with E-state index in [1.807, 2.05) is 19.1 Å². The molecule has 0 unspecified atom stereocenters. The molecule has 0 aliphatic rings. The zero-order chi connectivity index (χ0) is 12.4. The SMILES string of the molecule is Cc1ccc(NC(=O)c2cn[nH]c2C)c(N)c1. The first-order valence-corrected chi connectivity index (χ1v) is 5.25. The van der Waals surface area contributed by atoms with Crippen LogP contribution in [0.1, 0.15) is 21.6 Å². The third kappa shape index (κ3) is 2.28. The smallest absolute Gasteiger partial charge is 0.259 e. The standard InChI is InChI=1S/C12H14N4O/c1-7-3-4-11(10(13)5-7)15-12(17)9-6-14-16-8(9)2/h3-6H,13H2,1-2H3,(H,14,16)(H,15,17). The van der Waals surface area contributed by atoms with E-state index in [2.05, 4.69) is 15.5 Å². The number of anilines is 2. The fourth-order valence-electron chi connectivity index (χ4n) is 1.57. The lowest BCUT2D eigenvalue weighted by molar-refractivity contribution is 0.102. The Labute approximate surface area is 99.0 Å². The summed E-state index contributed by atoms with van der Waals surface area (Å²) in [5, 5.41) is 9.28. The second kappa shape index (κ2) is 4.29. The Morgan fingerprint density at radius 1 is 1.41 bits per heavy atom. The lowest BCUT2D eigenvalue weighted by Gasteiger charge is -2.08. The Bertz CT molecular complexity index is 559. The Balaban J connectivity index is 2.22. The number of nitrogens with one attached hydrogen (secondary N) is 2. The third-order valence-electron chi connectivity index (χ3n) is 2.53. The first kappa shape index (κ1) is 11.2. The predicted molar refractivity (Wildman–Crippen MR) is 66.9 cm³/mol. The molecule has 1 amide bonds. The maximum Gasteiger partial charge on any atom is 0.259 e. The molecule has 0 aliphatic heterocycles. The average Bonchev–Trinajstić information content (AvgIpc) is 2.68. The van der Waals surface area contributed by atoms with Gasteiger partial charge in [0.25, 0.3) is 5.91 Å². The average molecular weight is 230 g/mol. The van der Waals surface area contributed by atoms with Crippen molar-refractivity contribution in [3.05, 3.63) is 41.2 Å². The van der Waals surface area contributed by atoms with Gasteiger partial charge in [0.15, 0.2) is 0 Å². The van der Waals surface area contributed by atoms with Crippen LogP contribution in [0.15, 0.2) is 24.4 Å². The number of benzene rings is 1. The quantitative estimate of drug-likeness (QED) is 0.688. The molecule has 1 aromatic heterocycles. The highest BCUT2D eigenvalue weighted by Gasteiger charge is 2.11. The molecule has 0 saturated carbocycles. The van der Waals surface area contributed by atoms with Crippen molar-refractivity contribution < 1.29 is 4.79 Å². The zero-order valence-electron chi connectivity index (χ0n) is 9.74. The first-order chi connectivity index (χ1) is 8.08. The van der Waals surface area contributed by atoms with E-state index in [-0.39, 0.29) is 5.91 Å². The van der Waals surface area contributed by atoms with Crippen LogP contribution in [0.5, 0.6) is 0 Å². The van der Waals surface area contributed by atoms with E-state index in [4.69, 9.17) is 5.73 Å². The van der Waals surface area contributed by atoms with Crippen LogP contribution in [0, 0.1) is 13.8 Å². The van der Waals surface area contributed by atoms with E-state index in [1.165, 1.54) is 6.20 Å². The monoisotopic (exact) mass is 230 g/mol. The van der Waals surface area contributed by atoms with E-state index in [9.17, 15) is 4.79 Å². The summed E-state index contributed by atoms with van der Waals surface area (Å²) in [6, 6.07) is 5.50. The van der Waals surface area contributed by atoms with Gasteiger partial charge in [-0.1, -0.05) is 6.07 Å². The lowest BCUT2D eigenvalue weighted by atomic mass is 10.2. The van der Waals surface area contributed by atoms with Gasteiger partial charge >= 0.3 is 0 Å². The Hall–Kier alpha value is -2.30. The number of carbonyl (C=O) groups excluding carboxylic acids is 1. The number of nitrogen functional groups attached to an aromatic ring is 1. The molecule has 0 fully saturated rings. The predicted octanol–water partition coefficient (Wildman–Crippen LogP) is 1.86. The highest BCUT2D eigenvalue weighted by atomic mass is 16.1. The summed E-state index contributed by atoms with van der Waals surface area (Å²) >= 11 is 0. The van der Waals surface area contributed by atoms with Gasteiger partial charge in [-0.3, -0.25) is 9.89 Å². The zero-order valence-corrected chi connectivity index (χ0v) is 9.74. The summed E-state index contributed by atoms with van der Waals surface area (Å²) in [6.45, 7) is 3.74. The highest BCUT2D eigenvalue weighted by Crippen LogP contribution is 2.20. The fourth-order valence-corrected chi connectivity index (χ4v) is 1.57. The fraction of sp³-hybridized carbons (Fsp3) is 0.167. The number of carbonyl (C=O) groups is 1. The van der Waals surface area contributed by atoms with E-state index in [1.54, 1.807) is 13.0 Å². The summed E-state index contributed by atoms with van der Waals surface area (Å²) in [4.78, 5) is 11.9. The molecule has 0 saturated heterocycles. The molecule has 0 bridgehead atoms. The molecule has 0 aliphatic carbocycles. The van der Waals surface area contributed by atoms with Gasteiger partial charge in [-0.05, 0) is 31.5 Å². The molecule has 1 aromatic carbocycles. The van der Waals surface area contributed by atoms with Crippen molar-refractivity contribution in [3.8, 4) is 0 Å². The van der Waals surface area contributed by atoms with E-state index in [0.29, 0.717) is 16.9 Å². The molecule has 5 nitrogen and oxygen atoms in total. The number of H-pyrrole nitrogens is 1. The second-order valence-corrected chi connectivity index (χ2v) is 3.95. The van der Waals surface area contributed by atoms with Crippen molar-refractivity contribution in [2.24, 2.45) is 0 Å². The van der Waals surface area contributed by atoms with Gasteiger partial charge in [-0.25, -0.2) is 0 Å². The molecule has 88 valence electrons. The summed E-state index contributed by atoms with van der Waals surface area (Å²) in [5.74, 6) is -0.216. The third-order valence-corrected chi connectivity index (χ3v) is 2.53. The van der Waals surface area contributed by atoms with Gasteiger partial charge in [0.05, 0.1) is 23.1 Å². The maximum atomic E-state index is 11.9. The molecule has 4 N–H and O–H groups in total. The molecule has 0 radical (unpaired) electrons. The van der Waals surface area contributed by atoms with Crippen LogP contribution in [-0.4, -0.2) is 16.1 Å². The molecule has 2 aromatic rings. The number of aryl methyl sites for hydroxylation is 2. The van der Waals surface area contributed by atoms with Crippen molar-refractivity contribution >= 4 is 17.3 Å². The van der Waals surface area contributed by atoms with Crippen LogP contribution in [-0.2, 0) is 0 Å². The van der Waals surface area contributed by atoms with E-state index < -0.39 is 0 Å². The van der Waals surface area contributed by atoms with Gasteiger partial charge in [0.2, 0.25) is 0 Å². The molecule has 0 spiro atoms. The summed E-state index contributed by atoms with van der Waals surface area (Å²) in [7, 11) is 0. The van der Waals surface area contributed by atoms with Crippen molar-refractivity contribution in [1.29, 1.82) is 0 Å². The Kier molecular flexibility index (Phi) is 2.82. The van der Waals surface area contributed by atoms with E-state index in [0.717, 1.165) is 11.3 Å². The summed E-state index contributed by atoms with van der Waals surface area (Å²) in [6.07, 6.45) is 1.50. The van der Waals surface area contributed by atoms with Gasteiger partial charge in [0.1, 0.15) is 0 Å². The summed E-state index contributed by atoms with van der Waals surface area (Å²) < 4.78 is 0. The highest BCUT2D eigenvalue weighted by molar-refractivity contribution is 6.06. The maximum absolute atomic E-state index is 11.9. The van der Waals surface area contributed by atoms with Gasteiger partial charge < -0.3 is 11.1 Å². The van der Waals surface area contributed by atoms with Crippen LogP contribution in [0.4, 0.5) is 11.4 Å². The van der Waals surface area contributed by atoms with Crippen LogP contribution in [0.2, 0.25) is 0 Å². The number of hydrogen-bond acceptors (Lipinski definition) is 3. The minimum absolute atomic E-state index is 0.216. The van der Waals surface area contributed by atoms with Crippen molar-refractivity contribution in [2.75, 3.05) is 11.1 Å². The van der Waals surface area contributed by atoms with Gasteiger partial charge in [-0.15, -0.1) is 0 Å². The number of nitrogens with zero attached hydrogens (tertiary/aromatic N) is 1. The first-order valence-electron chi connectivity index (χ1n) is 5.25. The minimum atomic E-state index is -0.216. The van der Waals surface area contributed by atoms with Crippen molar-refractivity contribution in [2.45, 2.75) is 13.8 Å². The Morgan fingerprint density at radius 3 is 2.76 bits per heavy atom. The number of rotatable bonds is 2. The number of nitrogens with two attached hydrogens (primary N) is 1. The topological polar surface area (TPSA) is 83.8 Å².